The maximum absolute atomic E-state index is 11.4. The first kappa shape index (κ1) is 14.1. The van der Waals surface area contributed by atoms with Crippen LogP contribution in [0, 0.1) is 10.7 Å². The van der Waals surface area contributed by atoms with Crippen molar-refractivity contribution in [1.82, 2.24) is 0 Å². The largest absolute Gasteiger partial charge is 0.481 e. The topological polar surface area (TPSA) is 90.2 Å². The van der Waals surface area contributed by atoms with Gasteiger partial charge in [-0.15, -0.1) is 0 Å². The van der Waals surface area contributed by atoms with E-state index in [-0.39, 0.29) is 18.7 Å². The van der Waals surface area contributed by atoms with E-state index in [0.717, 1.165) is 16.7 Å². The van der Waals surface area contributed by atoms with Crippen molar-refractivity contribution in [2.75, 3.05) is 5.32 Å². The fourth-order valence-corrected chi connectivity index (χ4v) is 1.66. The number of rotatable bonds is 6. The van der Waals surface area contributed by atoms with Gasteiger partial charge in [0.1, 0.15) is 5.40 Å². The molecule has 0 aliphatic rings. The quantitative estimate of drug-likeness (QED) is 0.608. The van der Waals surface area contributed by atoms with Crippen LogP contribution >= 0.6 is 11.8 Å². The molecule has 0 atom stereocenters. The predicted molar refractivity (Wildman–Crippen MR) is 68.0 cm³/mol. The summed E-state index contributed by atoms with van der Waals surface area (Å²) < 4.78 is 0. The van der Waals surface area contributed by atoms with Crippen LogP contribution < -0.4 is 5.32 Å². The van der Waals surface area contributed by atoms with E-state index >= 15 is 0 Å². The zero-order valence-electron chi connectivity index (χ0n) is 9.55. The molecule has 1 aromatic carbocycles. The highest BCUT2D eigenvalue weighted by atomic mass is 32.2. The van der Waals surface area contributed by atoms with E-state index in [2.05, 4.69) is 5.32 Å². The number of aliphatic carboxylic acids is 1. The molecular weight excluding hydrogens is 252 g/mol. The highest BCUT2D eigenvalue weighted by Crippen LogP contribution is 2.19. The molecule has 18 heavy (non-hydrogen) atoms. The molecule has 1 amide bonds. The van der Waals surface area contributed by atoms with Crippen LogP contribution in [0.2, 0.25) is 0 Å². The molecule has 0 heterocycles. The Kier molecular flexibility index (Phi) is 5.74. The molecule has 0 aromatic heterocycles. The van der Waals surface area contributed by atoms with Gasteiger partial charge in [0.25, 0.3) is 0 Å². The minimum absolute atomic E-state index is 0.00876. The molecule has 0 saturated carbocycles. The van der Waals surface area contributed by atoms with Crippen LogP contribution in [0.1, 0.15) is 19.3 Å². The third kappa shape index (κ3) is 5.37. The van der Waals surface area contributed by atoms with Crippen LogP contribution in [0.4, 0.5) is 5.69 Å². The number of amides is 1. The average molecular weight is 264 g/mol. The van der Waals surface area contributed by atoms with E-state index < -0.39 is 5.97 Å². The Balaban J connectivity index is 2.40. The van der Waals surface area contributed by atoms with Crippen molar-refractivity contribution in [3.63, 3.8) is 0 Å². The molecule has 1 aromatic rings. The molecule has 0 fully saturated rings. The number of hydrogen-bond donors (Lipinski definition) is 2. The van der Waals surface area contributed by atoms with Crippen LogP contribution in [-0.4, -0.2) is 17.0 Å². The second-order valence-electron chi connectivity index (χ2n) is 3.51. The number of carboxylic acids is 1. The summed E-state index contributed by atoms with van der Waals surface area (Å²) in [5.41, 5.74) is 0.637. The van der Waals surface area contributed by atoms with Gasteiger partial charge >= 0.3 is 5.97 Å². The van der Waals surface area contributed by atoms with Crippen molar-refractivity contribution in [1.29, 1.82) is 5.26 Å². The number of anilines is 1. The number of carbonyl (C=O) groups excluding carboxylic acids is 1. The van der Waals surface area contributed by atoms with E-state index in [9.17, 15) is 9.59 Å². The van der Waals surface area contributed by atoms with Crippen molar-refractivity contribution >= 4 is 29.3 Å². The van der Waals surface area contributed by atoms with Crippen LogP contribution in [0.5, 0.6) is 0 Å². The van der Waals surface area contributed by atoms with Crippen molar-refractivity contribution in [3.05, 3.63) is 24.3 Å². The molecule has 0 bridgehead atoms. The fraction of sp³-hybridized carbons (Fsp3) is 0.250. The van der Waals surface area contributed by atoms with E-state index in [1.165, 1.54) is 0 Å². The summed E-state index contributed by atoms with van der Waals surface area (Å²) in [6, 6.07) is 6.88. The Morgan fingerprint density at radius 3 is 2.50 bits per heavy atom. The fourth-order valence-electron chi connectivity index (χ4n) is 1.28. The molecule has 0 spiro atoms. The van der Waals surface area contributed by atoms with Crippen LogP contribution in [0.3, 0.4) is 0 Å². The van der Waals surface area contributed by atoms with Gasteiger partial charge in [-0.05, 0) is 42.4 Å². The van der Waals surface area contributed by atoms with Crippen molar-refractivity contribution < 1.29 is 14.7 Å². The number of carboxylic acid groups (broad SMARTS) is 1. The number of nitriles is 1. The standard InChI is InChI=1S/C12H12N2O3S/c13-8-18-10-6-4-9(5-7-10)14-11(15)2-1-3-12(16)17/h4-7H,1-3H2,(H,14,15)(H,16,17). The monoisotopic (exact) mass is 264 g/mol. The molecule has 5 nitrogen and oxygen atoms in total. The summed E-state index contributed by atoms with van der Waals surface area (Å²) in [5, 5.41) is 21.5. The first-order chi connectivity index (χ1) is 8.61. The molecule has 1 rings (SSSR count). The predicted octanol–water partition coefficient (Wildman–Crippen LogP) is 2.45. The third-order valence-corrected chi connectivity index (χ3v) is 2.70. The molecule has 0 unspecified atom stereocenters. The van der Waals surface area contributed by atoms with Gasteiger partial charge in [0.05, 0.1) is 0 Å². The van der Waals surface area contributed by atoms with Gasteiger partial charge in [-0.25, -0.2) is 0 Å². The molecule has 0 aliphatic carbocycles. The van der Waals surface area contributed by atoms with Crippen molar-refractivity contribution in [2.24, 2.45) is 0 Å². The van der Waals surface area contributed by atoms with E-state index in [1.807, 2.05) is 5.40 Å². The van der Waals surface area contributed by atoms with Gasteiger partial charge < -0.3 is 10.4 Å². The highest BCUT2D eigenvalue weighted by molar-refractivity contribution is 8.03. The third-order valence-electron chi connectivity index (χ3n) is 2.10. The molecular formula is C12H12N2O3S. The Morgan fingerprint density at radius 1 is 1.28 bits per heavy atom. The lowest BCUT2D eigenvalue weighted by Crippen LogP contribution is -2.11. The SMILES string of the molecule is N#CSc1ccc(NC(=O)CCCC(=O)O)cc1. The Bertz CT molecular complexity index is 465. The van der Waals surface area contributed by atoms with Gasteiger partial charge in [-0.3, -0.25) is 9.59 Å². The summed E-state index contributed by atoms with van der Waals surface area (Å²) >= 11 is 1.05. The number of nitrogens with zero attached hydrogens (tertiary/aromatic N) is 1. The molecule has 2 N–H and O–H groups in total. The van der Waals surface area contributed by atoms with Gasteiger partial charge in [0.2, 0.25) is 5.91 Å². The lowest BCUT2D eigenvalue weighted by atomic mass is 10.2. The minimum atomic E-state index is -0.902. The second kappa shape index (κ2) is 7.35. The van der Waals surface area contributed by atoms with Gasteiger partial charge in [-0.2, -0.15) is 5.26 Å². The lowest BCUT2D eigenvalue weighted by molar-refractivity contribution is -0.137. The van der Waals surface area contributed by atoms with Gasteiger partial charge in [0.15, 0.2) is 0 Å². The zero-order valence-corrected chi connectivity index (χ0v) is 10.4. The average Bonchev–Trinajstić information content (AvgIpc) is 2.31. The molecule has 0 radical (unpaired) electrons. The summed E-state index contributed by atoms with van der Waals surface area (Å²) in [6.45, 7) is 0. The maximum Gasteiger partial charge on any atom is 0.303 e. The Hall–Kier alpha value is -2.00. The maximum atomic E-state index is 11.4. The molecule has 6 heteroatoms. The van der Waals surface area contributed by atoms with Crippen LogP contribution in [-0.2, 0) is 9.59 Å². The van der Waals surface area contributed by atoms with E-state index in [1.54, 1.807) is 24.3 Å². The van der Waals surface area contributed by atoms with Crippen molar-refractivity contribution in [3.8, 4) is 5.40 Å². The van der Waals surface area contributed by atoms with Gasteiger partial charge in [-0.1, -0.05) is 0 Å². The summed E-state index contributed by atoms with van der Waals surface area (Å²) in [5.74, 6) is -1.11. The first-order valence-corrected chi connectivity index (χ1v) is 6.11. The smallest absolute Gasteiger partial charge is 0.303 e. The molecule has 0 saturated heterocycles. The normalized spacial score (nSPS) is 9.50. The van der Waals surface area contributed by atoms with Crippen LogP contribution in [0.25, 0.3) is 0 Å². The van der Waals surface area contributed by atoms with Crippen molar-refractivity contribution in [2.45, 2.75) is 24.2 Å². The zero-order chi connectivity index (χ0) is 13.4. The number of hydrogen-bond acceptors (Lipinski definition) is 4. The Labute approximate surface area is 109 Å². The van der Waals surface area contributed by atoms with E-state index in [0.29, 0.717) is 12.1 Å². The van der Waals surface area contributed by atoms with E-state index in [4.69, 9.17) is 10.4 Å². The number of thiocyanates is 1. The highest BCUT2D eigenvalue weighted by Gasteiger charge is 2.04. The number of nitrogens with one attached hydrogen (secondary N) is 1. The first-order valence-electron chi connectivity index (χ1n) is 5.29. The minimum Gasteiger partial charge on any atom is -0.481 e. The number of benzene rings is 1. The lowest BCUT2D eigenvalue weighted by Gasteiger charge is -2.04. The number of carbonyl (C=O) groups is 2. The summed E-state index contributed by atoms with van der Waals surface area (Å²) in [7, 11) is 0. The Morgan fingerprint density at radius 2 is 1.94 bits per heavy atom. The van der Waals surface area contributed by atoms with Crippen LogP contribution in [0.15, 0.2) is 29.2 Å². The summed E-state index contributed by atoms with van der Waals surface area (Å²) in [4.78, 5) is 22.5. The molecule has 0 aliphatic heterocycles. The molecule has 94 valence electrons. The number of thioether (sulfide) groups is 1. The van der Waals surface area contributed by atoms with Gasteiger partial charge in [0, 0.05) is 23.4 Å². The summed E-state index contributed by atoms with van der Waals surface area (Å²) in [6.07, 6.45) is 0.496. The second-order valence-corrected chi connectivity index (χ2v) is 4.37.